The van der Waals surface area contributed by atoms with Crippen molar-refractivity contribution in [3.05, 3.63) is 65.7 Å². The van der Waals surface area contributed by atoms with Crippen LogP contribution in [0.4, 0.5) is 0 Å². The van der Waals surface area contributed by atoms with Crippen LogP contribution in [0.3, 0.4) is 0 Å². The number of carbonyl (C=O) groups is 1. The van der Waals surface area contributed by atoms with Crippen LogP contribution in [0.25, 0.3) is 0 Å². The number of para-hydroxylation sites is 1. The Morgan fingerprint density at radius 3 is 2.60 bits per heavy atom. The second-order valence-corrected chi connectivity index (χ2v) is 6.74. The molecule has 4 unspecified atom stereocenters. The SMILES string of the molecule is COc1ccccc1C1CC1C(=O)NC(C)C(O)Cc1ccccc1. The van der Waals surface area contributed by atoms with E-state index in [1.54, 1.807) is 7.11 Å². The molecule has 2 aromatic carbocycles. The number of aliphatic hydroxyl groups excluding tert-OH is 1. The van der Waals surface area contributed by atoms with E-state index in [2.05, 4.69) is 5.32 Å². The number of methoxy groups -OCH3 is 1. The molecule has 3 rings (SSSR count). The van der Waals surface area contributed by atoms with E-state index in [1.165, 1.54) is 0 Å². The van der Waals surface area contributed by atoms with Crippen LogP contribution in [0, 0.1) is 5.92 Å². The molecule has 0 saturated heterocycles. The molecule has 1 aliphatic carbocycles. The standard InChI is InChI=1S/C21H25NO3/c1-14(19(23)12-15-8-4-3-5-9-15)22-21(24)18-13-17(18)16-10-6-7-11-20(16)25-2/h3-11,14,17-19,23H,12-13H2,1-2H3,(H,22,24). The Hall–Kier alpha value is -2.33. The lowest BCUT2D eigenvalue weighted by molar-refractivity contribution is -0.123. The summed E-state index contributed by atoms with van der Waals surface area (Å²) in [5.74, 6) is 1.01. The van der Waals surface area contributed by atoms with Gasteiger partial charge < -0.3 is 15.2 Å². The van der Waals surface area contributed by atoms with E-state index in [0.29, 0.717) is 6.42 Å². The largest absolute Gasteiger partial charge is 0.496 e. The van der Waals surface area contributed by atoms with E-state index in [-0.39, 0.29) is 23.8 Å². The predicted octanol–water partition coefficient (Wildman–Crippen LogP) is 2.91. The molecule has 25 heavy (non-hydrogen) atoms. The van der Waals surface area contributed by atoms with Crippen LogP contribution in [0.15, 0.2) is 54.6 Å². The summed E-state index contributed by atoms with van der Waals surface area (Å²) in [6.45, 7) is 1.85. The monoisotopic (exact) mass is 339 g/mol. The van der Waals surface area contributed by atoms with Crippen molar-refractivity contribution < 1.29 is 14.6 Å². The van der Waals surface area contributed by atoms with Gasteiger partial charge in [-0.05, 0) is 36.5 Å². The number of benzene rings is 2. The van der Waals surface area contributed by atoms with Crippen molar-refractivity contribution in [3.8, 4) is 5.75 Å². The lowest BCUT2D eigenvalue weighted by Gasteiger charge is -2.20. The highest BCUT2D eigenvalue weighted by Gasteiger charge is 2.45. The molecule has 132 valence electrons. The van der Waals surface area contributed by atoms with Crippen molar-refractivity contribution in [3.63, 3.8) is 0 Å². The number of aliphatic hydroxyl groups is 1. The maximum absolute atomic E-state index is 12.5. The fourth-order valence-electron chi connectivity index (χ4n) is 3.26. The molecular weight excluding hydrogens is 314 g/mol. The Labute approximate surface area is 148 Å². The third kappa shape index (κ3) is 4.20. The molecule has 1 aliphatic rings. The average Bonchev–Trinajstić information content (AvgIpc) is 3.43. The summed E-state index contributed by atoms with van der Waals surface area (Å²) >= 11 is 0. The molecule has 0 heterocycles. The van der Waals surface area contributed by atoms with Gasteiger partial charge in [0, 0.05) is 12.3 Å². The van der Waals surface area contributed by atoms with Gasteiger partial charge in [0.1, 0.15) is 5.75 Å². The topological polar surface area (TPSA) is 58.6 Å². The molecular formula is C21H25NO3. The van der Waals surface area contributed by atoms with Crippen molar-refractivity contribution in [2.24, 2.45) is 5.92 Å². The molecule has 1 fully saturated rings. The molecule has 2 N–H and O–H groups in total. The first-order chi connectivity index (χ1) is 12.1. The molecule has 0 bridgehead atoms. The highest BCUT2D eigenvalue weighted by atomic mass is 16.5. The van der Waals surface area contributed by atoms with Gasteiger partial charge >= 0.3 is 0 Å². The number of rotatable bonds is 7. The number of hydrogen-bond acceptors (Lipinski definition) is 3. The van der Waals surface area contributed by atoms with Gasteiger partial charge in [-0.15, -0.1) is 0 Å². The molecule has 0 aliphatic heterocycles. The smallest absolute Gasteiger partial charge is 0.224 e. The quantitative estimate of drug-likeness (QED) is 0.815. The molecule has 1 saturated carbocycles. The maximum Gasteiger partial charge on any atom is 0.224 e. The molecule has 0 aromatic heterocycles. The molecule has 1 amide bonds. The van der Waals surface area contributed by atoms with Gasteiger partial charge in [0.2, 0.25) is 5.91 Å². The summed E-state index contributed by atoms with van der Waals surface area (Å²) in [5, 5.41) is 13.3. The van der Waals surface area contributed by atoms with E-state index in [0.717, 1.165) is 23.3 Å². The number of hydrogen-bond donors (Lipinski definition) is 2. The first-order valence-corrected chi connectivity index (χ1v) is 8.75. The second kappa shape index (κ2) is 7.70. The fraction of sp³-hybridized carbons (Fsp3) is 0.381. The summed E-state index contributed by atoms with van der Waals surface area (Å²) in [6.07, 6.45) is 0.756. The van der Waals surface area contributed by atoms with Crippen LogP contribution >= 0.6 is 0 Å². The van der Waals surface area contributed by atoms with Gasteiger partial charge in [0.25, 0.3) is 0 Å². The van der Waals surface area contributed by atoms with Crippen LogP contribution in [0.5, 0.6) is 5.75 Å². The molecule has 4 nitrogen and oxygen atoms in total. The summed E-state index contributed by atoms with van der Waals surface area (Å²) in [4.78, 5) is 12.5. The van der Waals surface area contributed by atoms with Gasteiger partial charge in [0.15, 0.2) is 0 Å². The lowest BCUT2D eigenvalue weighted by Crippen LogP contribution is -2.42. The summed E-state index contributed by atoms with van der Waals surface area (Å²) < 4.78 is 5.39. The second-order valence-electron chi connectivity index (χ2n) is 6.74. The minimum absolute atomic E-state index is 0.00974. The van der Waals surface area contributed by atoms with Crippen LogP contribution in [0.1, 0.15) is 30.4 Å². The van der Waals surface area contributed by atoms with Crippen molar-refractivity contribution >= 4 is 5.91 Å². The van der Waals surface area contributed by atoms with Crippen LogP contribution in [-0.2, 0) is 11.2 Å². The fourth-order valence-corrected chi connectivity index (χ4v) is 3.26. The van der Waals surface area contributed by atoms with Gasteiger partial charge in [-0.1, -0.05) is 48.5 Å². The number of carbonyl (C=O) groups excluding carboxylic acids is 1. The lowest BCUT2D eigenvalue weighted by atomic mass is 10.0. The minimum Gasteiger partial charge on any atom is -0.496 e. The first-order valence-electron chi connectivity index (χ1n) is 8.75. The van der Waals surface area contributed by atoms with Gasteiger partial charge in [-0.2, -0.15) is 0 Å². The van der Waals surface area contributed by atoms with Gasteiger partial charge in [-0.3, -0.25) is 4.79 Å². The van der Waals surface area contributed by atoms with Crippen LogP contribution < -0.4 is 10.1 Å². The van der Waals surface area contributed by atoms with Gasteiger partial charge in [-0.25, -0.2) is 0 Å². The average molecular weight is 339 g/mol. The molecule has 0 radical (unpaired) electrons. The van der Waals surface area contributed by atoms with E-state index in [9.17, 15) is 9.90 Å². The number of amides is 1. The zero-order valence-corrected chi connectivity index (χ0v) is 14.7. The molecule has 2 aromatic rings. The van der Waals surface area contributed by atoms with Gasteiger partial charge in [0.05, 0.1) is 19.3 Å². The van der Waals surface area contributed by atoms with Crippen LogP contribution in [0.2, 0.25) is 0 Å². The Balaban J connectivity index is 1.54. The third-order valence-corrected chi connectivity index (χ3v) is 4.90. The maximum atomic E-state index is 12.5. The zero-order chi connectivity index (χ0) is 17.8. The normalized spacial score (nSPS) is 21.2. The van der Waals surface area contributed by atoms with E-state index in [4.69, 9.17) is 4.74 Å². The Kier molecular flexibility index (Phi) is 5.39. The zero-order valence-electron chi connectivity index (χ0n) is 14.7. The summed E-state index contributed by atoms with van der Waals surface area (Å²) in [6, 6.07) is 17.4. The molecule has 4 heteroatoms. The van der Waals surface area contributed by atoms with E-state index in [1.807, 2.05) is 61.5 Å². The molecule has 4 atom stereocenters. The van der Waals surface area contributed by atoms with Crippen molar-refractivity contribution in [1.29, 1.82) is 0 Å². The highest BCUT2D eigenvalue weighted by molar-refractivity contribution is 5.83. The van der Waals surface area contributed by atoms with E-state index >= 15 is 0 Å². The Morgan fingerprint density at radius 1 is 1.20 bits per heavy atom. The number of nitrogens with one attached hydrogen (secondary N) is 1. The van der Waals surface area contributed by atoms with Crippen molar-refractivity contribution in [2.45, 2.75) is 37.8 Å². The number of ether oxygens (including phenoxy) is 1. The highest BCUT2D eigenvalue weighted by Crippen LogP contribution is 2.50. The Bertz CT molecular complexity index is 716. The predicted molar refractivity (Wildman–Crippen MR) is 97.6 cm³/mol. The van der Waals surface area contributed by atoms with Crippen molar-refractivity contribution in [1.82, 2.24) is 5.32 Å². The summed E-state index contributed by atoms with van der Waals surface area (Å²) in [7, 11) is 1.65. The van der Waals surface area contributed by atoms with Crippen LogP contribution in [-0.4, -0.2) is 30.3 Å². The van der Waals surface area contributed by atoms with E-state index < -0.39 is 6.10 Å². The summed E-state index contributed by atoms with van der Waals surface area (Å²) in [5.41, 5.74) is 2.15. The molecule has 0 spiro atoms. The minimum atomic E-state index is -0.602. The third-order valence-electron chi connectivity index (χ3n) is 4.90. The Morgan fingerprint density at radius 2 is 1.88 bits per heavy atom. The van der Waals surface area contributed by atoms with Crippen molar-refractivity contribution in [2.75, 3.05) is 7.11 Å². The first kappa shape index (κ1) is 17.5.